The summed E-state index contributed by atoms with van der Waals surface area (Å²) in [5.41, 5.74) is 5.94. The van der Waals surface area contributed by atoms with Gasteiger partial charge in [0.2, 0.25) is 5.91 Å². The number of hydrogen-bond acceptors (Lipinski definition) is 5. The van der Waals surface area contributed by atoms with E-state index in [4.69, 9.17) is 10.2 Å². The van der Waals surface area contributed by atoms with Crippen LogP contribution in [0.2, 0.25) is 0 Å². The number of aliphatic carboxylic acids is 2. The molecule has 0 unspecified atom stereocenters. The Bertz CT molecular complexity index is 1330. The molecule has 0 saturated carbocycles. The molecule has 1 aliphatic carbocycles. The third-order valence-electron chi connectivity index (χ3n) is 7.10. The number of carbonyl (C=O) groups is 3. The first-order valence-corrected chi connectivity index (χ1v) is 13.7. The van der Waals surface area contributed by atoms with E-state index < -0.39 is 11.9 Å². The molecule has 1 heterocycles. The number of hydrogen-bond donors (Lipinski definition) is 3. The number of carboxylic acid groups (broad SMARTS) is 2. The second-order valence-corrected chi connectivity index (χ2v) is 9.87. The van der Waals surface area contributed by atoms with Gasteiger partial charge in [0, 0.05) is 50.4 Å². The number of nitrogens with one attached hydrogen (secondary N) is 1. The summed E-state index contributed by atoms with van der Waals surface area (Å²) in [6.45, 7) is 5.14. The molecule has 5 rings (SSSR count). The van der Waals surface area contributed by atoms with Crippen LogP contribution in [-0.2, 0) is 14.4 Å². The van der Waals surface area contributed by atoms with E-state index in [2.05, 4.69) is 106 Å². The lowest BCUT2D eigenvalue weighted by Gasteiger charge is -2.36. The Morgan fingerprint density at radius 3 is 1.78 bits per heavy atom. The molecule has 1 saturated heterocycles. The highest BCUT2D eigenvalue weighted by molar-refractivity contribution is 5.89. The normalized spacial score (nSPS) is 14.8. The quantitative estimate of drug-likeness (QED) is 0.347. The van der Waals surface area contributed by atoms with E-state index in [1.807, 2.05) is 0 Å². The molecule has 0 atom stereocenters. The standard InChI is InChI=1S/C29H31N3O.C4H4O4/c33-28(15-8-18-31-19-21-32(22-20-31)25-11-2-1-3-12-25)30-29-26-13-6-4-9-23(26)16-17-24-10-5-7-14-27(24)29;5-3(6)1-2-4(7)8/h1-7,9-14,16-17,29H,8,15,18-22H2,(H,30,33);1-2H,(H,5,6)(H,7,8)/b;2-1-. The van der Waals surface area contributed by atoms with Crippen LogP contribution in [0.1, 0.15) is 41.1 Å². The smallest absolute Gasteiger partial charge is 0.328 e. The monoisotopic (exact) mass is 553 g/mol. The van der Waals surface area contributed by atoms with Gasteiger partial charge < -0.3 is 20.4 Å². The van der Waals surface area contributed by atoms with E-state index in [1.165, 1.54) is 5.69 Å². The zero-order chi connectivity index (χ0) is 29.0. The number of nitrogens with zero attached hydrogens (tertiary/aromatic N) is 2. The van der Waals surface area contributed by atoms with Crippen molar-refractivity contribution >= 4 is 35.7 Å². The van der Waals surface area contributed by atoms with Crippen LogP contribution in [0, 0.1) is 0 Å². The molecule has 1 amide bonds. The molecule has 1 aliphatic heterocycles. The number of para-hydroxylation sites is 1. The van der Waals surface area contributed by atoms with Crippen LogP contribution < -0.4 is 10.2 Å². The van der Waals surface area contributed by atoms with Gasteiger partial charge in [0.15, 0.2) is 0 Å². The van der Waals surface area contributed by atoms with Gasteiger partial charge >= 0.3 is 11.9 Å². The number of carbonyl (C=O) groups excluding carboxylic acids is 1. The van der Waals surface area contributed by atoms with Crippen LogP contribution in [0.15, 0.2) is 91.0 Å². The molecule has 3 aromatic rings. The van der Waals surface area contributed by atoms with E-state index in [1.54, 1.807) is 0 Å². The third kappa shape index (κ3) is 8.65. The predicted molar refractivity (Wildman–Crippen MR) is 161 cm³/mol. The summed E-state index contributed by atoms with van der Waals surface area (Å²) < 4.78 is 0. The fraction of sp³-hybridized carbons (Fsp3) is 0.242. The molecule has 41 heavy (non-hydrogen) atoms. The number of amides is 1. The minimum Gasteiger partial charge on any atom is -0.478 e. The van der Waals surface area contributed by atoms with Crippen molar-refractivity contribution in [1.29, 1.82) is 0 Å². The maximum Gasteiger partial charge on any atom is 0.328 e. The van der Waals surface area contributed by atoms with Crippen LogP contribution in [0.5, 0.6) is 0 Å². The Labute approximate surface area is 240 Å². The first-order valence-electron chi connectivity index (χ1n) is 13.7. The predicted octanol–water partition coefficient (Wildman–Crippen LogP) is 4.69. The highest BCUT2D eigenvalue weighted by Gasteiger charge is 2.23. The highest BCUT2D eigenvalue weighted by atomic mass is 16.4. The van der Waals surface area contributed by atoms with Gasteiger partial charge in [-0.05, 0) is 47.4 Å². The summed E-state index contributed by atoms with van der Waals surface area (Å²) in [4.78, 5) is 37.0. The summed E-state index contributed by atoms with van der Waals surface area (Å²) in [6, 6.07) is 27.2. The Morgan fingerprint density at radius 1 is 0.732 bits per heavy atom. The summed E-state index contributed by atoms with van der Waals surface area (Å²) in [5.74, 6) is -2.39. The molecule has 8 nitrogen and oxygen atoms in total. The van der Waals surface area contributed by atoms with E-state index in [9.17, 15) is 14.4 Å². The fourth-order valence-corrected chi connectivity index (χ4v) is 5.06. The molecule has 2 aliphatic rings. The molecule has 1 fully saturated rings. The van der Waals surface area contributed by atoms with E-state index >= 15 is 0 Å². The van der Waals surface area contributed by atoms with Crippen LogP contribution >= 0.6 is 0 Å². The van der Waals surface area contributed by atoms with Crippen molar-refractivity contribution in [3.05, 3.63) is 113 Å². The average Bonchev–Trinajstić information content (AvgIpc) is 3.14. The second kappa shape index (κ2) is 14.6. The molecule has 0 bridgehead atoms. The summed E-state index contributed by atoms with van der Waals surface area (Å²) >= 11 is 0. The van der Waals surface area contributed by atoms with Crippen molar-refractivity contribution in [3.8, 4) is 0 Å². The summed E-state index contributed by atoms with van der Waals surface area (Å²) in [6.07, 6.45) is 6.84. The zero-order valence-corrected chi connectivity index (χ0v) is 22.9. The lowest BCUT2D eigenvalue weighted by Crippen LogP contribution is -2.46. The maximum atomic E-state index is 13.0. The number of fused-ring (bicyclic) bond motifs is 2. The second-order valence-electron chi connectivity index (χ2n) is 9.87. The van der Waals surface area contributed by atoms with E-state index in [-0.39, 0.29) is 11.9 Å². The van der Waals surface area contributed by atoms with Gasteiger partial charge in [-0.15, -0.1) is 0 Å². The van der Waals surface area contributed by atoms with E-state index in [0.717, 1.165) is 61.4 Å². The van der Waals surface area contributed by atoms with Crippen LogP contribution in [-0.4, -0.2) is 65.7 Å². The van der Waals surface area contributed by atoms with Gasteiger partial charge in [-0.3, -0.25) is 9.69 Å². The first kappa shape index (κ1) is 29.3. The first-order chi connectivity index (χ1) is 19.9. The number of benzene rings is 3. The van der Waals surface area contributed by atoms with Crippen LogP contribution in [0.4, 0.5) is 5.69 Å². The van der Waals surface area contributed by atoms with Crippen molar-refractivity contribution in [2.45, 2.75) is 18.9 Å². The molecule has 212 valence electrons. The van der Waals surface area contributed by atoms with Gasteiger partial charge in [0.1, 0.15) is 0 Å². The molecular weight excluding hydrogens is 518 g/mol. The lowest BCUT2D eigenvalue weighted by atomic mass is 9.94. The van der Waals surface area contributed by atoms with Crippen molar-refractivity contribution in [3.63, 3.8) is 0 Å². The molecular formula is C33H35N3O5. The van der Waals surface area contributed by atoms with E-state index in [0.29, 0.717) is 18.6 Å². The fourth-order valence-electron chi connectivity index (χ4n) is 5.06. The van der Waals surface area contributed by atoms with Gasteiger partial charge in [0.05, 0.1) is 6.04 Å². The molecule has 0 radical (unpaired) electrons. The number of carboxylic acids is 2. The van der Waals surface area contributed by atoms with Crippen molar-refractivity contribution in [1.82, 2.24) is 10.2 Å². The number of piperazine rings is 1. The number of rotatable bonds is 8. The van der Waals surface area contributed by atoms with Crippen molar-refractivity contribution in [2.24, 2.45) is 0 Å². The minimum atomic E-state index is -1.26. The summed E-state index contributed by atoms with van der Waals surface area (Å²) in [5, 5.41) is 19.0. The Kier molecular flexibility index (Phi) is 10.5. The Hall–Kier alpha value is -4.69. The SMILES string of the molecule is O=C(CCCN1CCN(c2ccccc2)CC1)NC1c2ccccc2C=Cc2ccccc21.O=C(O)/C=C\C(=O)O. The van der Waals surface area contributed by atoms with Gasteiger partial charge in [-0.2, -0.15) is 0 Å². The van der Waals surface area contributed by atoms with Crippen LogP contribution in [0.25, 0.3) is 12.2 Å². The minimum absolute atomic E-state index is 0.116. The average molecular weight is 554 g/mol. The molecule has 0 spiro atoms. The molecule has 3 aromatic carbocycles. The van der Waals surface area contributed by atoms with Gasteiger partial charge in [0.25, 0.3) is 0 Å². The molecule has 3 N–H and O–H groups in total. The molecule has 8 heteroatoms. The Balaban J connectivity index is 0.000000426. The van der Waals surface area contributed by atoms with Crippen molar-refractivity contribution in [2.75, 3.05) is 37.6 Å². The summed E-state index contributed by atoms with van der Waals surface area (Å²) in [7, 11) is 0. The number of anilines is 1. The van der Waals surface area contributed by atoms with Crippen LogP contribution in [0.3, 0.4) is 0 Å². The lowest BCUT2D eigenvalue weighted by molar-refractivity contribution is -0.134. The Morgan fingerprint density at radius 2 is 1.24 bits per heavy atom. The highest BCUT2D eigenvalue weighted by Crippen LogP contribution is 2.32. The third-order valence-corrected chi connectivity index (χ3v) is 7.10. The maximum absolute atomic E-state index is 13.0. The van der Waals surface area contributed by atoms with Gasteiger partial charge in [-0.25, -0.2) is 9.59 Å². The largest absolute Gasteiger partial charge is 0.478 e. The van der Waals surface area contributed by atoms with Gasteiger partial charge in [-0.1, -0.05) is 78.9 Å². The topological polar surface area (TPSA) is 110 Å². The van der Waals surface area contributed by atoms with Crippen molar-refractivity contribution < 1.29 is 24.6 Å². The zero-order valence-electron chi connectivity index (χ0n) is 22.9. The molecule has 0 aromatic heterocycles.